The first kappa shape index (κ1) is 17.2. The third-order valence-corrected chi connectivity index (χ3v) is 4.21. The summed E-state index contributed by atoms with van der Waals surface area (Å²) in [6.45, 7) is 5.43. The van der Waals surface area contributed by atoms with Crippen LogP contribution < -0.4 is 5.32 Å². The van der Waals surface area contributed by atoms with Gasteiger partial charge in [-0.15, -0.1) is 0 Å². The zero-order valence-corrected chi connectivity index (χ0v) is 13.4. The fraction of sp³-hybridized carbons (Fsp3) is 0.875. The summed E-state index contributed by atoms with van der Waals surface area (Å²) in [5, 5.41) is 3.02. The van der Waals surface area contributed by atoms with Crippen molar-refractivity contribution in [3.8, 4) is 0 Å². The van der Waals surface area contributed by atoms with Gasteiger partial charge >= 0.3 is 0 Å². The average Bonchev–Trinajstić information content (AvgIpc) is 2.38. The van der Waals surface area contributed by atoms with Gasteiger partial charge in [0.15, 0.2) is 0 Å². The van der Waals surface area contributed by atoms with Crippen LogP contribution in [0.15, 0.2) is 0 Å². The average molecular weight is 282 g/mol. The molecule has 4 heteroatoms. The van der Waals surface area contributed by atoms with E-state index >= 15 is 0 Å². The molecule has 1 rings (SSSR count). The molecule has 0 aromatic carbocycles. The smallest absolute Gasteiger partial charge is 0.223 e. The molecule has 0 radical (unpaired) electrons. The molecular weight excluding hydrogens is 252 g/mol. The minimum absolute atomic E-state index is 0.0358. The molecule has 0 heterocycles. The minimum atomic E-state index is 0.0358. The first-order chi connectivity index (χ1) is 9.41. The van der Waals surface area contributed by atoms with Gasteiger partial charge in [0.1, 0.15) is 5.78 Å². The van der Waals surface area contributed by atoms with E-state index in [0.717, 1.165) is 32.2 Å². The molecule has 1 aliphatic carbocycles. The lowest BCUT2D eigenvalue weighted by molar-refractivity contribution is -0.129. The van der Waals surface area contributed by atoms with Crippen LogP contribution in [-0.4, -0.2) is 43.8 Å². The van der Waals surface area contributed by atoms with E-state index in [1.807, 2.05) is 27.9 Å². The van der Waals surface area contributed by atoms with Gasteiger partial charge in [0.25, 0.3) is 0 Å². The lowest BCUT2D eigenvalue weighted by Gasteiger charge is -2.30. The van der Waals surface area contributed by atoms with Crippen molar-refractivity contribution in [2.24, 2.45) is 17.8 Å². The van der Waals surface area contributed by atoms with E-state index in [4.69, 9.17) is 0 Å². The highest BCUT2D eigenvalue weighted by Crippen LogP contribution is 2.33. The molecule has 1 N–H and O–H groups in total. The summed E-state index contributed by atoms with van der Waals surface area (Å²) in [5.41, 5.74) is 0. The van der Waals surface area contributed by atoms with Crippen molar-refractivity contribution < 1.29 is 9.59 Å². The molecule has 0 aromatic rings. The molecular formula is C16H30N2O2. The van der Waals surface area contributed by atoms with Crippen LogP contribution in [0.5, 0.6) is 0 Å². The quantitative estimate of drug-likeness (QED) is 0.778. The van der Waals surface area contributed by atoms with Crippen molar-refractivity contribution in [1.82, 2.24) is 10.2 Å². The van der Waals surface area contributed by atoms with Gasteiger partial charge in [-0.2, -0.15) is 0 Å². The number of nitrogens with one attached hydrogen (secondary N) is 1. The monoisotopic (exact) mass is 282 g/mol. The number of nitrogens with zero attached hydrogens (tertiary/aromatic N) is 1. The highest BCUT2D eigenvalue weighted by Gasteiger charge is 2.32. The normalized spacial score (nSPS) is 23.1. The maximum atomic E-state index is 12.3. The molecule has 4 nitrogen and oxygen atoms in total. The number of rotatable bonds is 7. The summed E-state index contributed by atoms with van der Waals surface area (Å²) < 4.78 is 0. The molecule has 1 saturated carbocycles. The Morgan fingerprint density at radius 3 is 2.45 bits per heavy atom. The number of hydrogen-bond acceptors (Lipinski definition) is 3. The summed E-state index contributed by atoms with van der Waals surface area (Å²) in [5.74, 6) is 0.803. The third kappa shape index (κ3) is 5.61. The van der Waals surface area contributed by atoms with Gasteiger partial charge in [-0.25, -0.2) is 0 Å². The maximum Gasteiger partial charge on any atom is 0.223 e. The summed E-state index contributed by atoms with van der Waals surface area (Å²) in [7, 11) is 3.99. The molecule has 0 saturated heterocycles. The molecule has 2 atom stereocenters. The van der Waals surface area contributed by atoms with Crippen LogP contribution in [0.3, 0.4) is 0 Å². The highest BCUT2D eigenvalue weighted by atomic mass is 16.2. The first-order valence-corrected chi connectivity index (χ1v) is 7.87. The summed E-state index contributed by atoms with van der Waals surface area (Å²) in [6, 6.07) is 0. The number of ketones is 1. The van der Waals surface area contributed by atoms with Crippen LogP contribution in [0, 0.1) is 17.8 Å². The van der Waals surface area contributed by atoms with Crippen molar-refractivity contribution >= 4 is 11.7 Å². The molecule has 0 aliphatic heterocycles. The lowest BCUT2D eigenvalue weighted by Crippen LogP contribution is -2.40. The van der Waals surface area contributed by atoms with Gasteiger partial charge in [0, 0.05) is 31.3 Å². The Kier molecular flexibility index (Phi) is 7.20. The molecule has 116 valence electrons. The van der Waals surface area contributed by atoms with Gasteiger partial charge in [-0.3, -0.25) is 9.59 Å². The van der Waals surface area contributed by atoms with Crippen LogP contribution in [0.1, 0.15) is 46.0 Å². The van der Waals surface area contributed by atoms with Gasteiger partial charge in [0.05, 0.1) is 0 Å². The van der Waals surface area contributed by atoms with E-state index in [-0.39, 0.29) is 23.7 Å². The van der Waals surface area contributed by atoms with Crippen molar-refractivity contribution in [2.45, 2.75) is 46.0 Å². The van der Waals surface area contributed by atoms with Crippen LogP contribution in [0.2, 0.25) is 0 Å². The van der Waals surface area contributed by atoms with Crippen LogP contribution in [-0.2, 0) is 9.59 Å². The molecule has 1 amide bonds. The first-order valence-electron chi connectivity index (χ1n) is 7.87. The summed E-state index contributed by atoms with van der Waals surface area (Å²) in [4.78, 5) is 26.3. The number of likely N-dealkylation sites (N-methyl/N-ethyl adjacent to an activating group) is 1. The maximum absolute atomic E-state index is 12.3. The molecule has 0 spiro atoms. The Bertz CT molecular complexity index is 326. The van der Waals surface area contributed by atoms with E-state index in [9.17, 15) is 9.59 Å². The number of hydrogen-bond donors (Lipinski definition) is 1. The SMILES string of the molecule is CC(C)C(=O)C[C@H]1CCCC[C@H]1C(=O)NCCN(C)C. The molecule has 0 aromatic heterocycles. The van der Waals surface area contributed by atoms with Gasteiger partial charge < -0.3 is 10.2 Å². The second-order valence-corrected chi connectivity index (χ2v) is 6.57. The van der Waals surface area contributed by atoms with Gasteiger partial charge in [-0.05, 0) is 32.9 Å². The fourth-order valence-corrected chi connectivity index (χ4v) is 2.83. The number of carbonyl (C=O) groups is 2. The van der Waals surface area contributed by atoms with E-state index < -0.39 is 0 Å². The van der Waals surface area contributed by atoms with E-state index in [0.29, 0.717) is 18.7 Å². The second-order valence-electron chi connectivity index (χ2n) is 6.57. The van der Waals surface area contributed by atoms with Crippen LogP contribution in [0.4, 0.5) is 0 Å². The lowest BCUT2D eigenvalue weighted by atomic mass is 9.75. The molecule has 0 unspecified atom stereocenters. The van der Waals surface area contributed by atoms with Gasteiger partial charge in [0.2, 0.25) is 5.91 Å². The predicted molar refractivity (Wildman–Crippen MR) is 81.5 cm³/mol. The Morgan fingerprint density at radius 2 is 1.85 bits per heavy atom. The largest absolute Gasteiger partial charge is 0.355 e. The highest BCUT2D eigenvalue weighted by molar-refractivity contribution is 5.83. The third-order valence-electron chi connectivity index (χ3n) is 4.21. The topological polar surface area (TPSA) is 49.4 Å². The summed E-state index contributed by atoms with van der Waals surface area (Å²) >= 11 is 0. The molecule has 20 heavy (non-hydrogen) atoms. The summed E-state index contributed by atoms with van der Waals surface area (Å²) in [6.07, 6.45) is 4.78. The Balaban J connectivity index is 2.50. The standard InChI is InChI=1S/C16H30N2O2/c1-12(2)15(19)11-13-7-5-6-8-14(13)16(20)17-9-10-18(3)4/h12-14H,5-11H2,1-4H3,(H,17,20)/t13-,14-/m1/s1. The number of Topliss-reactive ketones (excluding diaryl/α,β-unsaturated/α-hetero) is 1. The van der Waals surface area contributed by atoms with E-state index in [2.05, 4.69) is 10.2 Å². The van der Waals surface area contributed by atoms with E-state index in [1.165, 1.54) is 0 Å². The number of carbonyl (C=O) groups excluding carboxylic acids is 2. The Morgan fingerprint density at radius 1 is 1.20 bits per heavy atom. The predicted octanol–water partition coefficient (Wildman–Crippen LogP) is 2.09. The fourth-order valence-electron chi connectivity index (χ4n) is 2.83. The zero-order valence-electron chi connectivity index (χ0n) is 13.4. The zero-order chi connectivity index (χ0) is 15.1. The van der Waals surface area contributed by atoms with Gasteiger partial charge in [-0.1, -0.05) is 26.7 Å². The molecule has 0 bridgehead atoms. The van der Waals surface area contributed by atoms with Crippen LogP contribution >= 0.6 is 0 Å². The van der Waals surface area contributed by atoms with Crippen molar-refractivity contribution in [3.05, 3.63) is 0 Å². The second kappa shape index (κ2) is 8.40. The van der Waals surface area contributed by atoms with E-state index in [1.54, 1.807) is 0 Å². The molecule has 1 aliphatic rings. The van der Waals surface area contributed by atoms with Crippen LogP contribution in [0.25, 0.3) is 0 Å². The Hall–Kier alpha value is -0.900. The van der Waals surface area contributed by atoms with Crippen molar-refractivity contribution in [2.75, 3.05) is 27.2 Å². The number of amides is 1. The van der Waals surface area contributed by atoms with Crippen molar-refractivity contribution in [1.29, 1.82) is 0 Å². The molecule has 1 fully saturated rings. The minimum Gasteiger partial charge on any atom is -0.355 e. The Labute approximate surface area is 123 Å². The van der Waals surface area contributed by atoms with Crippen molar-refractivity contribution in [3.63, 3.8) is 0 Å².